The van der Waals surface area contributed by atoms with Crippen LogP contribution in [0, 0.1) is 5.92 Å². The van der Waals surface area contributed by atoms with Crippen molar-refractivity contribution in [3.63, 3.8) is 0 Å². The zero-order valence-corrected chi connectivity index (χ0v) is 18.1. The molecule has 2 saturated heterocycles. The van der Waals surface area contributed by atoms with Gasteiger partial charge >= 0.3 is 0 Å². The Hall–Kier alpha value is -3.01. The van der Waals surface area contributed by atoms with Gasteiger partial charge in [0, 0.05) is 30.1 Å². The quantitative estimate of drug-likeness (QED) is 0.306. The second-order valence-corrected chi connectivity index (χ2v) is 9.23. The number of carbonyl (C=O) groups excluding carboxylic acids is 1. The average Bonchev–Trinajstić information content (AvgIpc) is 2.82. The molecule has 4 aromatic rings. The molecule has 2 fully saturated rings. The number of nitrogens with zero attached hydrogens (tertiary/aromatic N) is 1. The van der Waals surface area contributed by atoms with E-state index in [9.17, 15) is 4.79 Å². The summed E-state index contributed by atoms with van der Waals surface area (Å²) in [6.07, 6.45) is 1.72. The normalized spacial score (nSPS) is 23.4. The Balaban J connectivity index is 1.35. The Labute approximate surface area is 188 Å². The number of ketones is 1. The molecule has 0 radical (unpaired) electrons. The molecule has 0 aromatic heterocycles. The fraction of sp³-hybridized carbons (Fsp3) is 0.276. The molecule has 2 atom stereocenters. The van der Waals surface area contributed by atoms with E-state index in [1.165, 1.54) is 5.56 Å². The standard InChI is InChI=1S/C29H27NO2/c31-29(28-26-12-6-4-10-21(26)14-22-11-5-7-13-27(22)28)23-15-24-18-32-19-25(16-23)30(24)17-20-8-2-1-3-9-20/h1-14,23-25H,15-19H2. The number of fused-ring (bicyclic) bond motifs is 4. The molecule has 0 spiro atoms. The van der Waals surface area contributed by atoms with Crippen LogP contribution in [-0.4, -0.2) is 36.0 Å². The third kappa shape index (κ3) is 3.42. The van der Waals surface area contributed by atoms with Crippen molar-refractivity contribution in [3.8, 4) is 0 Å². The van der Waals surface area contributed by atoms with Crippen molar-refractivity contribution in [2.75, 3.05) is 13.2 Å². The molecular formula is C29H27NO2. The fourth-order valence-electron chi connectivity index (χ4n) is 5.74. The molecular weight excluding hydrogens is 394 g/mol. The van der Waals surface area contributed by atoms with Crippen LogP contribution in [0.15, 0.2) is 84.9 Å². The van der Waals surface area contributed by atoms with Crippen LogP contribution in [0.25, 0.3) is 21.5 Å². The van der Waals surface area contributed by atoms with E-state index >= 15 is 0 Å². The topological polar surface area (TPSA) is 29.5 Å². The highest BCUT2D eigenvalue weighted by Crippen LogP contribution is 2.37. The minimum atomic E-state index is 0.0372. The monoisotopic (exact) mass is 421 g/mol. The lowest BCUT2D eigenvalue weighted by molar-refractivity contribution is -0.0872. The van der Waals surface area contributed by atoms with Gasteiger partial charge in [-0.1, -0.05) is 78.9 Å². The van der Waals surface area contributed by atoms with Crippen LogP contribution in [0.5, 0.6) is 0 Å². The van der Waals surface area contributed by atoms with Gasteiger partial charge in [0.2, 0.25) is 0 Å². The van der Waals surface area contributed by atoms with Crippen molar-refractivity contribution < 1.29 is 9.53 Å². The van der Waals surface area contributed by atoms with E-state index in [4.69, 9.17) is 4.74 Å². The summed E-state index contributed by atoms with van der Waals surface area (Å²) < 4.78 is 5.93. The number of hydrogen-bond donors (Lipinski definition) is 0. The van der Waals surface area contributed by atoms with E-state index in [0.29, 0.717) is 19.0 Å². The van der Waals surface area contributed by atoms with Crippen molar-refractivity contribution >= 4 is 27.3 Å². The lowest BCUT2D eigenvalue weighted by atomic mass is 9.78. The van der Waals surface area contributed by atoms with Crippen molar-refractivity contribution in [2.45, 2.75) is 31.5 Å². The minimum Gasteiger partial charge on any atom is -0.378 e. The first kappa shape index (κ1) is 19.7. The van der Waals surface area contributed by atoms with Gasteiger partial charge in [0.25, 0.3) is 0 Å². The third-order valence-electron chi connectivity index (χ3n) is 7.27. The van der Waals surface area contributed by atoms with Gasteiger partial charge in [-0.25, -0.2) is 0 Å². The molecule has 2 heterocycles. The fourth-order valence-corrected chi connectivity index (χ4v) is 5.74. The third-order valence-corrected chi connectivity index (χ3v) is 7.27. The molecule has 2 aliphatic rings. The summed E-state index contributed by atoms with van der Waals surface area (Å²) in [5.41, 5.74) is 2.23. The van der Waals surface area contributed by atoms with Crippen LogP contribution in [0.1, 0.15) is 28.8 Å². The molecule has 0 N–H and O–H groups in total. The zero-order chi connectivity index (χ0) is 21.5. The summed E-state index contributed by atoms with van der Waals surface area (Å²) >= 11 is 0. The van der Waals surface area contributed by atoms with E-state index in [2.05, 4.69) is 77.7 Å². The molecule has 0 amide bonds. The number of piperidine rings is 1. The molecule has 2 unspecified atom stereocenters. The summed E-state index contributed by atoms with van der Waals surface area (Å²) in [4.78, 5) is 16.6. The number of morpholine rings is 1. The van der Waals surface area contributed by atoms with Crippen molar-refractivity contribution in [1.29, 1.82) is 0 Å². The predicted molar refractivity (Wildman–Crippen MR) is 129 cm³/mol. The highest BCUT2D eigenvalue weighted by Gasteiger charge is 2.41. The lowest BCUT2D eigenvalue weighted by Crippen LogP contribution is -2.57. The highest BCUT2D eigenvalue weighted by molar-refractivity contribution is 6.19. The summed E-state index contributed by atoms with van der Waals surface area (Å²) in [5.74, 6) is 0.337. The van der Waals surface area contributed by atoms with Gasteiger partial charge in [-0.15, -0.1) is 0 Å². The second-order valence-electron chi connectivity index (χ2n) is 9.23. The van der Waals surface area contributed by atoms with Gasteiger partial charge in [0.05, 0.1) is 13.2 Å². The van der Waals surface area contributed by atoms with Crippen LogP contribution < -0.4 is 0 Å². The van der Waals surface area contributed by atoms with Gasteiger partial charge in [0.1, 0.15) is 0 Å². The van der Waals surface area contributed by atoms with Gasteiger partial charge in [-0.2, -0.15) is 0 Å². The van der Waals surface area contributed by atoms with Crippen molar-refractivity contribution in [1.82, 2.24) is 4.90 Å². The number of Topliss-reactive ketones (excluding diaryl/α,β-unsaturated/α-hetero) is 1. The number of rotatable bonds is 4. The molecule has 3 nitrogen and oxygen atoms in total. The van der Waals surface area contributed by atoms with E-state index in [1.54, 1.807) is 0 Å². The molecule has 2 bridgehead atoms. The number of carbonyl (C=O) groups is 1. The van der Waals surface area contributed by atoms with Crippen molar-refractivity contribution in [3.05, 3.63) is 96.1 Å². The highest BCUT2D eigenvalue weighted by atomic mass is 16.5. The van der Waals surface area contributed by atoms with E-state index in [0.717, 1.165) is 46.5 Å². The van der Waals surface area contributed by atoms with E-state index in [1.807, 2.05) is 12.1 Å². The summed E-state index contributed by atoms with van der Waals surface area (Å²) in [6, 6.07) is 30.0. The van der Waals surface area contributed by atoms with Crippen LogP contribution in [0.2, 0.25) is 0 Å². The van der Waals surface area contributed by atoms with Crippen LogP contribution in [-0.2, 0) is 11.3 Å². The Morgan fingerprint density at radius 3 is 1.97 bits per heavy atom. The van der Waals surface area contributed by atoms with Gasteiger partial charge in [-0.3, -0.25) is 9.69 Å². The van der Waals surface area contributed by atoms with Crippen LogP contribution in [0.4, 0.5) is 0 Å². The van der Waals surface area contributed by atoms with Crippen LogP contribution >= 0.6 is 0 Å². The summed E-state index contributed by atoms with van der Waals surface area (Å²) in [6.45, 7) is 2.35. The van der Waals surface area contributed by atoms with Crippen LogP contribution in [0.3, 0.4) is 0 Å². The number of benzene rings is 4. The largest absolute Gasteiger partial charge is 0.378 e. The van der Waals surface area contributed by atoms with E-state index in [-0.39, 0.29) is 18.0 Å². The molecule has 4 aromatic carbocycles. The Kier molecular flexibility index (Phi) is 5.01. The zero-order valence-electron chi connectivity index (χ0n) is 18.1. The number of ether oxygens (including phenoxy) is 1. The molecule has 0 aliphatic carbocycles. The molecule has 160 valence electrons. The molecule has 6 rings (SSSR count). The van der Waals surface area contributed by atoms with Gasteiger partial charge in [0.15, 0.2) is 5.78 Å². The molecule has 3 heteroatoms. The minimum absolute atomic E-state index is 0.0372. The Morgan fingerprint density at radius 1 is 0.781 bits per heavy atom. The lowest BCUT2D eigenvalue weighted by Gasteiger charge is -2.48. The summed E-state index contributed by atoms with van der Waals surface area (Å²) in [5, 5.41) is 4.42. The summed E-state index contributed by atoms with van der Waals surface area (Å²) in [7, 11) is 0. The SMILES string of the molecule is O=C(c1c2ccccc2cc2ccccc12)C1CC2COCC(C1)N2Cc1ccccc1. The first-order chi connectivity index (χ1) is 15.8. The van der Waals surface area contributed by atoms with E-state index < -0.39 is 0 Å². The maximum atomic E-state index is 14.1. The number of hydrogen-bond acceptors (Lipinski definition) is 3. The Morgan fingerprint density at radius 2 is 1.34 bits per heavy atom. The second kappa shape index (κ2) is 8.16. The molecule has 32 heavy (non-hydrogen) atoms. The maximum absolute atomic E-state index is 14.1. The van der Waals surface area contributed by atoms with Gasteiger partial charge < -0.3 is 4.74 Å². The first-order valence-electron chi connectivity index (χ1n) is 11.6. The molecule has 2 aliphatic heterocycles. The first-order valence-corrected chi connectivity index (χ1v) is 11.6. The Bertz CT molecular complexity index is 1210. The smallest absolute Gasteiger partial charge is 0.167 e. The van der Waals surface area contributed by atoms with Crippen molar-refractivity contribution in [2.24, 2.45) is 5.92 Å². The van der Waals surface area contributed by atoms with Gasteiger partial charge in [-0.05, 0) is 46.0 Å². The molecule has 0 saturated carbocycles. The maximum Gasteiger partial charge on any atom is 0.167 e. The predicted octanol–water partition coefficient (Wildman–Crippen LogP) is 5.86. The average molecular weight is 422 g/mol.